The summed E-state index contributed by atoms with van der Waals surface area (Å²) in [5.41, 5.74) is 1.56. The van der Waals surface area contributed by atoms with Gasteiger partial charge in [-0.2, -0.15) is 5.26 Å². The van der Waals surface area contributed by atoms with Crippen LogP contribution in [0.3, 0.4) is 0 Å². The Kier molecular flexibility index (Phi) is 5.17. The zero-order valence-electron chi connectivity index (χ0n) is 14.4. The standard InChI is InChI=1S/C18H26N2O2S/c1-18(2,13-19)15-9-6-5-8-14(15)12-20(3)16-10-7-11-17(16)23(4,21)22/h5-6,8-9,16-17H,7,10-12H2,1-4H3/t16-,17-/m0/s1. The Balaban J connectivity index is 2.25. The van der Waals surface area contributed by atoms with E-state index in [0.29, 0.717) is 6.54 Å². The van der Waals surface area contributed by atoms with Crippen molar-refractivity contribution in [3.63, 3.8) is 0 Å². The molecule has 0 radical (unpaired) electrons. The van der Waals surface area contributed by atoms with Gasteiger partial charge in [-0.25, -0.2) is 8.42 Å². The molecule has 1 aromatic rings. The highest BCUT2D eigenvalue weighted by Gasteiger charge is 2.37. The molecule has 2 atom stereocenters. The van der Waals surface area contributed by atoms with Gasteiger partial charge in [0.05, 0.1) is 16.7 Å². The molecule has 23 heavy (non-hydrogen) atoms. The van der Waals surface area contributed by atoms with E-state index < -0.39 is 15.3 Å². The number of hydrogen-bond acceptors (Lipinski definition) is 4. The maximum atomic E-state index is 12.0. The second-order valence-corrected chi connectivity index (χ2v) is 9.44. The summed E-state index contributed by atoms with van der Waals surface area (Å²) in [7, 11) is -1.04. The average Bonchev–Trinajstić information content (AvgIpc) is 2.97. The highest BCUT2D eigenvalue weighted by Crippen LogP contribution is 2.31. The average molecular weight is 334 g/mol. The van der Waals surface area contributed by atoms with Crippen molar-refractivity contribution in [3.05, 3.63) is 35.4 Å². The first kappa shape index (κ1) is 18.0. The van der Waals surface area contributed by atoms with Crippen LogP contribution < -0.4 is 0 Å². The third-order valence-corrected chi connectivity index (χ3v) is 6.57. The van der Waals surface area contributed by atoms with Crippen LogP contribution in [0.1, 0.15) is 44.2 Å². The highest BCUT2D eigenvalue weighted by atomic mass is 32.2. The molecule has 0 aromatic heterocycles. The lowest BCUT2D eigenvalue weighted by Crippen LogP contribution is -2.41. The lowest BCUT2D eigenvalue weighted by atomic mass is 9.83. The fourth-order valence-corrected chi connectivity index (χ4v) is 5.13. The van der Waals surface area contributed by atoms with E-state index in [1.807, 2.05) is 45.2 Å². The molecule has 1 fully saturated rings. The van der Waals surface area contributed by atoms with Gasteiger partial charge in [0.15, 0.2) is 9.84 Å². The number of benzene rings is 1. The van der Waals surface area contributed by atoms with Gasteiger partial charge in [0.25, 0.3) is 0 Å². The fourth-order valence-electron chi connectivity index (χ4n) is 3.62. The van der Waals surface area contributed by atoms with Crippen LogP contribution in [-0.4, -0.2) is 37.9 Å². The van der Waals surface area contributed by atoms with Crippen molar-refractivity contribution in [2.45, 2.75) is 56.4 Å². The molecule has 1 aromatic carbocycles. The number of sulfone groups is 1. The van der Waals surface area contributed by atoms with E-state index >= 15 is 0 Å². The highest BCUT2D eigenvalue weighted by molar-refractivity contribution is 7.91. The minimum absolute atomic E-state index is 0.0586. The van der Waals surface area contributed by atoms with Gasteiger partial charge in [-0.15, -0.1) is 0 Å². The molecule has 2 rings (SSSR count). The van der Waals surface area contributed by atoms with Gasteiger partial charge in [-0.1, -0.05) is 30.7 Å². The first-order chi connectivity index (χ1) is 10.7. The van der Waals surface area contributed by atoms with Gasteiger partial charge >= 0.3 is 0 Å². The molecule has 1 saturated carbocycles. The Bertz CT molecular complexity index is 704. The molecular formula is C18H26N2O2S. The molecule has 0 spiro atoms. The first-order valence-electron chi connectivity index (χ1n) is 8.05. The Labute approximate surface area is 140 Å². The lowest BCUT2D eigenvalue weighted by molar-refractivity contribution is 0.237. The topological polar surface area (TPSA) is 61.2 Å². The van der Waals surface area contributed by atoms with Crippen LogP contribution in [0.4, 0.5) is 0 Å². The zero-order chi connectivity index (χ0) is 17.3. The van der Waals surface area contributed by atoms with Gasteiger partial charge in [0.2, 0.25) is 0 Å². The molecule has 1 aliphatic carbocycles. The quantitative estimate of drug-likeness (QED) is 0.831. The Morgan fingerprint density at radius 2 is 1.96 bits per heavy atom. The maximum Gasteiger partial charge on any atom is 0.151 e. The van der Waals surface area contributed by atoms with Gasteiger partial charge in [-0.3, -0.25) is 4.90 Å². The van der Waals surface area contributed by atoms with E-state index in [4.69, 9.17) is 0 Å². The third-order valence-electron chi connectivity index (χ3n) is 4.92. The van der Waals surface area contributed by atoms with Crippen LogP contribution in [0, 0.1) is 11.3 Å². The molecule has 126 valence electrons. The molecule has 0 unspecified atom stereocenters. The minimum Gasteiger partial charge on any atom is -0.298 e. The van der Waals surface area contributed by atoms with Crippen molar-refractivity contribution in [1.29, 1.82) is 5.26 Å². The first-order valence-corrected chi connectivity index (χ1v) is 10.0. The number of rotatable bonds is 5. The normalized spacial score (nSPS) is 22.3. The van der Waals surface area contributed by atoms with Crippen molar-refractivity contribution in [3.8, 4) is 6.07 Å². The van der Waals surface area contributed by atoms with Crippen molar-refractivity contribution in [1.82, 2.24) is 4.90 Å². The van der Waals surface area contributed by atoms with Crippen LogP contribution in [0.15, 0.2) is 24.3 Å². The van der Waals surface area contributed by atoms with E-state index in [1.165, 1.54) is 6.26 Å². The second kappa shape index (κ2) is 6.62. The smallest absolute Gasteiger partial charge is 0.151 e. The maximum absolute atomic E-state index is 12.0. The Morgan fingerprint density at radius 1 is 1.30 bits per heavy atom. The summed E-state index contributed by atoms with van der Waals surface area (Å²) in [6.45, 7) is 4.50. The SMILES string of the molecule is CN(Cc1ccccc1C(C)(C)C#N)[C@H]1CCC[C@@H]1S(C)(=O)=O. The Morgan fingerprint density at radius 3 is 2.57 bits per heavy atom. The van der Waals surface area contributed by atoms with Crippen LogP contribution in [0.25, 0.3) is 0 Å². The lowest BCUT2D eigenvalue weighted by Gasteiger charge is -2.30. The van der Waals surface area contributed by atoms with Crippen molar-refractivity contribution < 1.29 is 8.42 Å². The molecule has 4 nitrogen and oxygen atoms in total. The van der Waals surface area contributed by atoms with Crippen LogP contribution in [0.5, 0.6) is 0 Å². The molecule has 1 aliphatic rings. The summed E-state index contributed by atoms with van der Waals surface area (Å²) in [5.74, 6) is 0. The van der Waals surface area contributed by atoms with Crippen LogP contribution >= 0.6 is 0 Å². The Hall–Kier alpha value is -1.38. The van der Waals surface area contributed by atoms with Gasteiger partial charge in [0, 0.05) is 18.8 Å². The monoisotopic (exact) mass is 334 g/mol. The van der Waals surface area contributed by atoms with Gasteiger partial charge in [0.1, 0.15) is 0 Å². The van der Waals surface area contributed by atoms with Crippen LogP contribution in [0.2, 0.25) is 0 Å². The summed E-state index contributed by atoms with van der Waals surface area (Å²) in [6.07, 6.45) is 3.96. The molecule has 0 saturated heterocycles. The predicted octanol–water partition coefficient (Wildman–Crippen LogP) is 2.89. The molecule has 0 heterocycles. The molecule has 0 amide bonds. The largest absolute Gasteiger partial charge is 0.298 e. The summed E-state index contributed by atoms with van der Waals surface area (Å²) < 4.78 is 24.0. The minimum atomic E-state index is -3.03. The number of hydrogen-bond donors (Lipinski definition) is 0. The molecule has 0 aliphatic heterocycles. The summed E-state index contributed by atoms with van der Waals surface area (Å²) in [6, 6.07) is 10.4. The fraction of sp³-hybridized carbons (Fsp3) is 0.611. The summed E-state index contributed by atoms with van der Waals surface area (Å²) in [4.78, 5) is 2.14. The van der Waals surface area contributed by atoms with Gasteiger partial charge < -0.3 is 0 Å². The van der Waals surface area contributed by atoms with E-state index in [0.717, 1.165) is 30.4 Å². The summed E-state index contributed by atoms with van der Waals surface area (Å²) >= 11 is 0. The molecule has 5 heteroatoms. The van der Waals surface area contributed by atoms with Crippen molar-refractivity contribution in [2.24, 2.45) is 0 Å². The second-order valence-electron chi connectivity index (χ2n) is 7.18. The number of nitriles is 1. The van der Waals surface area contributed by atoms with Crippen LogP contribution in [-0.2, 0) is 21.8 Å². The van der Waals surface area contributed by atoms with E-state index in [9.17, 15) is 13.7 Å². The summed E-state index contributed by atoms with van der Waals surface area (Å²) in [5, 5.41) is 9.15. The van der Waals surface area contributed by atoms with Crippen molar-refractivity contribution >= 4 is 9.84 Å². The van der Waals surface area contributed by atoms with Gasteiger partial charge in [-0.05, 0) is 44.9 Å². The van der Waals surface area contributed by atoms with Crippen molar-refractivity contribution in [2.75, 3.05) is 13.3 Å². The zero-order valence-corrected chi connectivity index (χ0v) is 15.2. The van der Waals surface area contributed by atoms with E-state index in [1.54, 1.807) is 0 Å². The number of nitrogens with zero attached hydrogens (tertiary/aromatic N) is 2. The predicted molar refractivity (Wildman–Crippen MR) is 92.8 cm³/mol. The third kappa shape index (κ3) is 3.94. The molecule has 0 bridgehead atoms. The van der Waals surface area contributed by atoms with E-state index in [2.05, 4.69) is 11.0 Å². The van der Waals surface area contributed by atoms with E-state index in [-0.39, 0.29) is 11.3 Å². The molecular weight excluding hydrogens is 308 g/mol. The molecule has 0 N–H and O–H groups in total.